The molecule has 2 N–H and O–H groups in total. The van der Waals surface area contributed by atoms with Gasteiger partial charge in [-0.3, -0.25) is 0 Å². The van der Waals surface area contributed by atoms with Gasteiger partial charge in [0.25, 0.3) is 0 Å². The Hall–Kier alpha value is -1.69. The zero-order valence-corrected chi connectivity index (χ0v) is 10.3. The van der Waals surface area contributed by atoms with E-state index in [1.54, 1.807) is 6.20 Å². The van der Waals surface area contributed by atoms with Gasteiger partial charge < -0.3 is 14.8 Å². The Bertz CT molecular complexity index is 497. The summed E-state index contributed by atoms with van der Waals surface area (Å²) in [7, 11) is 1.89. The van der Waals surface area contributed by atoms with Crippen molar-refractivity contribution in [2.45, 2.75) is 25.7 Å². The van der Waals surface area contributed by atoms with Crippen molar-refractivity contribution < 1.29 is 4.52 Å². The van der Waals surface area contributed by atoms with Crippen LogP contribution in [-0.2, 0) is 12.5 Å². The molecular formula is C11H17N5O. The van der Waals surface area contributed by atoms with Crippen LogP contribution in [0.25, 0.3) is 11.6 Å². The van der Waals surface area contributed by atoms with Gasteiger partial charge in [-0.05, 0) is 13.3 Å². The van der Waals surface area contributed by atoms with Gasteiger partial charge in [0.1, 0.15) is 0 Å². The Morgan fingerprint density at radius 3 is 2.82 bits per heavy atom. The first-order valence-electron chi connectivity index (χ1n) is 5.62. The fraction of sp³-hybridized carbons (Fsp3) is 0.545. The van der Waals surface area contributed by atoms with E-state index >= 15 is 0 Å². The topological polar surface area (TPSA) is 82.8 Å². The van der Waals surface area contributed by atoms with Crippen molar-refractivity contribution in [2.24, 2.45) is 12.8 Å². The lowest BCUT2D eigenvalue weighted by Crippen LogP contribution is -2.31. The van der Waals surface area contributed by atoms with Crippen LogP contribution >= 0.6 is 0 Å². The number of aromatic nitrogens is 4. The molecule has 2 rings (SSSR count). The van der Waals surface area contributed by atoms with E-state index in [-0.39, 0.29) is 5.41 Å². The van der Waals surface area contributed by atoms with Crippen LogP contribution in [0.5, 0.6) is 0 Å². The summed E-state index contributed by atoms with van der Waals surface area (Å²) in [5.74, 6) is 1.76. The van der Waals surface area contributed by atoms with E-state index in [2.05, 4.69) is 22.0 Å². The third-order valence-corrected chi connectivity index (χ3v) is 3.19. The smallest absolute Gasteiger partial charge is 0.238 e. The number of rotatable bonds is 4. The predicted molar refractivity (Wildman–Crippen MR) is 63.2 cm³/mol. The second-order valence-electron chi connectivity index (χ2n) is 4.40. The number of hydrogen-bond donors (Lipinski definition) is 1. The SMILES string of the molecule is CCC(C)(CN)c1nc(-c2nccn2C)no1. The van der Waals surface area contributed by atoms with Gasteiger partial charge in [0.05, 0.1) is 5.41 Å². The minimum Gasteiger partial charge on any atom is -0.338 e. The molecule has 0 saturated carbocycles. The summed E-state index contributed by atoms with van der Waals surface area (Å²) in [5, 5.41) is 3.96. The van der Waals surface area contributed by atoms with E-state index < -0.39 is 0 Å². The first-order valence-corrected chi connectivity index (χ1v) is 5.62. The van der Waals surface area contributed by atoms with Crippen LogP contribution in [0.2, 0.25) is 0 Å². The second kappa shape index (κ2) is 4.29. The summed E-state index contributed by atoms with van der Waals surface area (Å²) < 4.78 is 7.14. The Morgan fingerprint density at radius 2 is 2.29 bits per heavy atom. The van der Waals surface area contributed by atoms with Gasteiger partial charge in [0.2, 0.25) is 11.7 Å². The minimum absolute atomic E-state index is 0.267. The van der Waals surface area contributed by atoms with Gasteiger partial charge in [-0.1, -0.05) is 12.1 Å². The fourth-order valence-corrected chi connectivity index (χ4v) is 1.52. The van der Waals surface area contributed by atoms with Gasteiger partial charge in [0, 0.05) is 26.0 Å². The Kier molecular flexibility index (Phi) is 2.97. The van der Waals surface area contributed by atoms with Gasteiger partial charge in [-0.2, -0.15) is 4.98 Å². The Balaban J connectivity index is 2.37. The molecule has 0 fully saturated rings. The van der Waals surface area contributed by atoms with Crippen LogP contribution in [0.4, 0.5) is 0 Å². The molecule has 17 heavy (non-hydrogen) atoms. The molecule has 6 heteroatoms. The quantitative estimate of drug-likeness (QED) is 0.857. The van der Waals surface area contributed by atoms with E-state index in [4.69, 9.17) is 10.3 Å². The molecule has 2 aromatic rings. The molecule has 2 heterocycles. The Labute approximate surface area is 99.8 Å². The maximum Gasteiger partial charge on any atom is 0.238 e. The fourth-order valence-electron chi connectivity index (χ4n) is 1.52. The summed E-state index contributed by atoms with van der Waals surface area (Å²) in [6, 6.07) is 0. The molecule has 6 nitrogen and oxygen atoms in total. The number of nitrogens with two attached hydrogens (primary N) is 1. The number of imidazole rings is 1. The molecule has 1 atom stereocenters. The van der Waals surface area contributed by atoms with Crippen molar-refractivity contribution in [1.29, 1.82) is 0 Å². The summed E-state index contributed by atoms with van der Waals surface area (Å²) in [6.45, 7) is 4.55. The predicted octanol–water partition coefficient (Wildman–Crippen LogP) is 1.10. The van der Waals surface area contributed by atoms with Crippen molar-refractivity contribution in [2.75, 3.05) is 6.54 Å². The van der Waals surface area contributed by atoms with Crippen molar-refractivity contribution in [3.05, 3.63) is 18.3 Å². The lowest BCUT2D eigenvalue weighted by molar-refractivity contribution is 0.291. The zero-order valence-electron chi connectivity index (χ0n) is 10.3. The van der Waals surface area contributed by atoms with Crippen molar-refractivity contribution in [3.8, 4) is 11.6 Å². The summed E-state index contributed by atoms with van der Waals surface area (Å²) in [5.41, 5.74) is 5.49. The first-order chi connectivity index (χ1) is 8.10. The Morgan fingerprint density at radius 1 is 1.53 bits per heavy atom. The van der Waals surface area contributed by atoms with E-state index in [9.17, 15) is 0 Å². The average molecular weight is 235 g/mol. The van der Waals surface area contributed by atoms with Gasteiger partial charge in [0.15, 0.2) is 5.82 Å². The summed E-state index contributed by atoms with van der Waals surface area (Å²) in [6.07, 6.45) is 4.40. The molecule has 0 radical (unpaired) electrons. The second-order valence-corrected chi connectivity index (χ2v) is 4.40. The van der Waals surface area contributed by atoms with Crippen molar-refractivity contribution >= 4 is 0 Å². The molecule has 0 amide bonds. The highest BCUT2D eigenvalue weighted by Gasteiger charge is 2.30. The number of hydrogen-bond acceptors (Lipinski definition) is 5. The summed E-state index contributed by atoms with van der Waals surface area (Å²) >= 11 is 0. The molecule has 1 unspecified atom stereocenters. The molecule has 0 aliphatic heterocycles. The summed E-state index contributed by atoms with van der Waals surface area (Å²) in [4.78, 5) is 8.57. The van der Waals surface area contributed by atoms with Crippen LogP contribution in [0, 0.1) is 0 Å². The molecule has 0 saturated heterocycles. The molecule has 0 spiro atoms. The van der Waals surface area contributed by atoms with Gasteiger partial charge >= 0.3 is 0 Å². The number of aryl methyl sites for hydroxylation is 1. The molecule has 0 aliphatic carbocycles. The first kappa shape index (κ1) is 11.8. The lowest BCUT2D eigenvalue weighted by atomic mass is 9.88. The lowest BCUT2D eigenvalue weighted by Gasteiger charge is -2.20. The van der Waals surface area contributed by atoms with Crippen LogP contribution < -0.4 is 5.73 Å². The third-order valence-electron chi connectivity index (χ3n) is 3.19. The number of nitrogens with zero attached hydrogens (tertiary/aromatic N) is 4. The molecule has 92 valence electrons. The minimum atomic E-state index is -0.267. The van der Waals surface area contributed by atoms with E-state index in [1.807, 2.05) is 24.7 Å². The van der Waals surface area contributed by atoms with E-state index in [0.717, 1.165) is 6.42 Å². The highest BCUT2D eigenvalue weighted by molar-refractivity contribution is 5.42. The zero-order chi connectivity index (χ0) is 12.5. The van der Waals surface area contributed by atoms with Crippen LogP contribution in [0.1, 0.15) is 26.2 Å². The molecule has 0 bridgehead atoms. The highest BCUT2D eigenvalue weighted by Crippen LogP contribution is 2.26. The standard InChI is InChI=1S/C11H17N5O/c1-4-11(2,7-12)10-14-8(15-17-10)9-13-5-6-16(9)3/h5-6H,4,7,12H2,1-3H3. The highest BCUT2D eigenvalue weighted by atomic mass is 16.5. The molecular weight excluding hydrogens is 218 g/mol. The molecule has 2 aromatic heterocycles. The monoisotopic (exact) mass is 235 g/mol. The maximum atomic E-state index is 5.76. The van der Waals surface area contributed by atoms with Gasteiger partial charge in [-0.15, -0.1) is 0 Å². The van der Waals surface area contributed by atoms with E-state index in [0.29, 0.717) is 24.1 Å². The van der Waals surface area contributed by atoms with Crippen molar-refractivity contribution in [3.63, 3.8) is 0 Å². The largest absolute Gasteiger partial charge is 0.338 e. The van der Waals surface area contributed by atoms with Crippen LogP contribution in [-0.4, -0.2) is 26.2 Å². The van der Waals surface area contributed by atoms with Crippen molar-refractivity contribution in [1.82, 2.24) is 19.7 Å². The van der Waals surface area contributed by atoms with E-state index in [1.165, 1.54) is 0 Å². The average Bonchev–Trinajstić information content (AvgIpc) is 2.96. The van der Waals surface area contributed by atoms with Crippen LogP contribution in [0.3, 0.4) is 0 Å². The van der Waals surface area contributed by atoms with Gasteiger partial charge in [-0.25, -0.2) is 4.98 Å². The van der Waals surface area contributed by atoms with Crippen LogP contribution in [0.15, 0.2) is 16.9 Å². The maximum absolute atomic E-state index is 5.76. The molecule has 0 aliphatic rings. The third kappa shape index (κ3) is 1.95. The molecule has 0 aromatic carbocycles. The normalized spacial score (nSPS) is 14.8.